The van der Waals surface area contributed by atoms with Gasteiger partial charge in [0.2, 0.25) is 47.3 Å². The topological polar surface area (TPSA) is 511 Å². The predicted molar refractivity (Wildman–Crippen MR) is 318 cm³/mol. The first kappa shape index (κ1) is 70.2. The number of nitrogens with zero attached hydrogens (tertiary/aromatic N) is 9. The molecule has 1 aromatic carbocycles. The molecule has 35 heteroatoms. The third-order valence-electron chi connectivity index (χ3n) is 13.3. The number of carbonyl (C=O) groups is 11. The summed E-state index contributed by atoms with van der Waals surface area (Å²) in [6.07, 6.45) is 3.84. The van der Waals surface area contributed by atoms with Crippen LogP contribution >= 0.6 is 0 Å². The van der Waals surface area contributed by atoms with Gasteiger partial charge in [0, 0.05) is 39.5 Å². The molecule has 4 aromatic heterocycles. The van der Waals surface area contributed by atoms with Crippen molar-refractivity contribution in [3.05, 3.63) is 90.0 Å². The van der Waals surface area contributed by atoms with Gasteiger partial charge in [0.05, 0.1) is 81.0 Å². The quantitative estimate of drug-likeness (QED) is 0.0227. The normalized spacial score (nSPS) is 16.4. The molecule has 4 bridgehead atoms. The smallest absolute Gasteiger partial charge is 0.328 e. The molecule has 0 saturated heterocycles. The number of aliphatic hydroxyl groups is 1. The Bertz CT molecular complexity index is 3440. The zero-order valence-corrected chi connectivity index (χ0v) is 49.6. The highest BCUT2D eigenvalue weighted by Gasteiger charge is 2.29. The van der Waals surface area contributed by atoms with Crippen LogP contribution < -0.4 is 47.3 Å². The Morgan fingerprint density at radius 2 is 1.32 bits per heavy atom. The van der Waals surface area contributed by atoms with Crippen molar-refractivity contribution in [2.45, 2.75) is 89.1 Å². The van der Waals surface area contributed by atoms with E-state index in [4.69, 9.17) is 4.74 Å². The Morgan fingerprint density at radius 3 is 1.92 bits per heavy atom. The lowest BCUT2D eigenvalue weighted by molar-refractivity contribution is -0.147. The van der Waals surface area contributed by atoms with Gasteiger partial charge >= 0.3 is 35.9 Å². The van der Waals surface area contributed by atoms with Crippen molar-refractivity contribution in [3.8, 4) is 34.5 Å². The number of ether oxygens (including phenoxy) is 1. The number of pyridine rings is 2. The molecule has 92 heavy (non-hydrogen) atoms. The highest BCUT2D eigenvalue weighted by atomic mass is 16.5. The number of unbranched alkanes of at least 4 members (excludes halogenated alkanes) is 1. The summed E-state index contributed by atoms with van der Waals surface area (Å²) in [4.78, 5) is 170. The summed E-state index contributed by atoms with van der Waals surface area (Å²) in [7, 11) is 0. The van der Waals surface area contributed by atoms with E-state index in [1.54, 1.807) is 36.4 Å². The summed E-state index contributed by atoms with van der Waals surface area (Å²) in [5.41, 5.74) is 2.35. The van der Waals surface area contributed by atoms with Crippen molar-refractivity contribution >= 4 is 77.2 Å². The van der Waals surface area contributed by atoms with Crippen LogP contribution in [-0.2, 0) is 72.3 Å². The number of rotatable bonds is 25. The van der Waals surface area contributed by atoms with Gasteiger partial charge in [-0.2, -0.15) is 15.0 Å². The molecule has 5 aromatic rings. The molecule has 0 fully saturated rings. The Labute approximate surface area is 523 Å². The van der Waals surface area contributed by atoms with Crippen LogP contribution in [0.25, 0.3) is 22.8 Å². The lowest BCUT2D eigenvalue weighted by Crippen LogP contribution is -2.55. The number of aliphatic hydroxyl groups excluding tert-OH is 1. The lowest BCUT2D eigenvalue weighted by atomic mass is 10.1. The SMILES string of the molecule is CC(=O)NCC(=O)N[C@H]1CCCCNc2nc(NCCCC[C@@H](C(=O)O)N(CC(=O)O)Cc3cccc(-c4cncc(-c5cccc(CN(CC(=O)O)CC(=O)O)n5)n4)n3)nc(n2)Oc2ccc(cc2)C[C@@H](C(=O)O)NC(=O)CNC(=O)[C@H](CO)NC(=O)CNC1=O. The standard InChI is InChI=1S/C57H69N17O18/c1-32(76)61-23-45(77)67-39-10-2-4-18-59-55-70-56(72-57(71-55)92-36-16-14-33(15-17-36)20-40(53(88)89)68-46(78)24-63-52(87)43(31-75)69-47(79)25-62-51(39)86)60-19-5-3-13-44(54(90)91)74(30-50(84)85)27-35-9-7-12-38(65-35)42-22-58-21-41(66-42)37-11-6-8-34(64-37)26-73(28-48(80)81)29-49(82)83/h6-9,11-12,14-17,21-22,39-40,43-44,75H,2-5,10,13,18-20,23-31H2,1H3,(H,61,76)(H,62,86)(H,63,87)(H,67,77)(H,68,78)(H,69,79)(H,80,81)(H,82,83)(H,84,85)(H,88,89)(H,90,91)(H2,59,60,70,71,72)/t39-,40-,43-,44-/m0/s1. The van der Waals surface area contributed by atoms with Crippen LogP contribution in [-0.4, -0.2) is 224 Å². The van der Waals surface area contributed by atoms with Crippen molar-refractivity contribution in [1.82, 2.24) is 76.6 Å². The first-order valence-corrected chi connectivity index (χ1v) is 28.6. The second-order valence-corrected chi connectivity index (χ2v) is 20.7. The Kier molecular flexibility index (Phi) is 26.9. The maximum Gasteiger partial charge on any atom is 0.328 e. The number of carbonyl (C=O) groups excluding carboxylic acids is 6. The number of carboxylic acid groups (broad SMARTS) is 5. The maximum atomic E-state index is 13.4. The minimum Gasteiger partial charge on any atom is -0.480 e. The van der Waals surface area contributed by atoms with Gasteiger partial charge in [0.25, 0.3) is 0 Å². The van der Waals surface area contributed by atoms with Gasteiger partial charge in [-0.25, -0.2) is 19.7 Å². The minimum atomic E-state index is -1.58. The van der Waals surface area contributed by atoms with E-state index in [0.717, 1.165) is 0 Å². The molecule has 35 nitrogen and oxygen atoms in total. The molecular formula is C57H69N17O18. The molecule has 2 aliphatic rings. The van der Waals surface area contributed by atoms with E-state index >= 15 is 0 Å². The summed E-state index contributed by atoms with van der Waals surface area (Å²) in [6, 6.07) is 9.99. The molecule has 6 heterocycles. The van der Waals surface area contributed by atoms with Crippen molar-refractivity contribution in [2.24, 2.45) is 0 Å². The average Bonchev–Trinajstić information content (AvgIpc) is 1.53. The molecule has 0 saturated carbocycles. The Hall–Kier alpha value is -10.9. The van der Waals surface area contributed by atoms with Crippen LogP contribution in [0.2, 0.25) is 0 Å². The van der Waals surface area contributed by atoms with Gasteiger partial charge in [0.1, 0.15) is 41.3 Å². The highest BCUT2D eigenvalue weighted by Crippen LogP contribution is 2.24. The van der Waals surface area contributed by atoms with Crippen molar-refractivity contribution in [3.63, 3.8) is 0 Å². The van der Waals surface area contributed by atoms with Gasteiger partial charge in [-0.1, -0.05) is 24.3 Å². The predicted octanol–water partition coefficient (Wildman–Crippen LogP) is -1.79. The van der Waals surface area contributed by atoms with Gasteiger partial charge < -0.3 is 77.9 Å². The van der Waals surface area contributed by atoms with Crippen LogP contribution in [0.5, 0.6) is 11.8 Å². The van der Waals surface area contributed by atoms with E-state index in [-0.39, 0.29) is 87.6 Å². The van der Waals surface area contributed by atoms with Crippen LogP contribution in [0, 0.1) is 0 Å². The number of anilines is 2. The van der Waals surface area contributed by atoms with E-state index < -0.39 is 135 Å². The summed E-state index contributed by atoms with van der Waals surface area (Å²) in [6.45, 7) is -3.34. The van der Waals surface area contributed by atoms with E-state index in [1.165, 1.54) is 53.4 Å². The monoisotopic (exact) mass is 1280 g/mol. The zero-order chi connectivity index (χ0) is 66.7. The molecule has 0 aliphatic carbocycles. The van der Waals surface area contributed by atoms with Gasteiger partial charge in [-0.05, 0) is 80.5 Å². The highest BCUT2D eigenvalue weighted by molar-refractivity contribution is 5.94. The summed E-state index contributed by atoms with van der Waals surface area (Å²) in [5, 5.41) is 78.8. The van der Waals surface area contributed by atoms with E-state index in [2.05, 4.69) is 77.4 Å². The number of fused-ring (bicyclic) bond motifs is 20. The summed E-state index contributed by atoms with van der Waals surface area (Å²) in [5.74, 6) is -11.1. The molecule has 14 N–H and O–H groups in total. The van der Waals surface area contributed by atoms with E-state index in [9.17, 15) is 83.4 Å². The number of aromatic nitrogens is 7. The first-order chi connectivity index (χ1) is 44.0. The second-order valence-electron chi connectivity index (χ2n) is 20.7. The van der Waals surface area contributed by atoms with Crippen molar-refractivity contribution < 1.29 is 88.1 Å². The minimum absolute atomic E-state index is 0.00725. The third kappa shape index (κ3) is 23.9. The molecule has 2 aliphatic heterocycles. The molecule has 0 radical (unpaired) electrons. The molecule has 4 atom stereocenters. The molecule has 6 amide bonds. The summed E-state index contributed by atoms with van der Waals surface area (Å²) < 4.78 is 6.00. The van der Waals surface area contributed by atoms with Crippen molar-refractivity contribution in [2.75, 3.05) is 69.6 Å². The number of carboxylic acids is 5. The first-order valence-electron chi connectivity index (χ1n) is 28.6. The third-order valence-corrected chi connectivity index (χ3v) is 13.3. The lowest BCUT2D eigenvalue weighted by Gasteiger charge is -2.27. The Balaban J connectivity index is 1.14. The molecular weight excluding hydrogens is 1210 g/mol. The second kappa shape index (κ2) is 35.3. The molecule has 490 valence electrons. The fourth-order valence-corrected chi connectivity index (χ4v) is 9.05. The largest absolute Gasteiger partial charge is 0.480 e. The fraction of sp³-hybridized carbons (Fsp3) is 0.404. The van der Waals surface area contributed by atoms with Crippen LogP contribution in [0.3, 0.4) is 0 Å². The van der Waals surface area contributed by atoms with Gasteiger partial charge in [0.15, 0.2) is 0 Å². The number of amides is 6. The van der Waals surface area contributed by atoms with Crippen LogP contribution in [0.1, 0.15) is 62.4 Å². The Morgan fingerprint density at radius 1 is 0.685 bits per heavy atom. The number of hydrogen-bond donors (Lipinski definition) is 14. The van der Waals surface area contributed by atoms with Crippen LogP contribution in [0.15, 0.2) is 73.1 Å². The molecule has 0 unspecified atom stereocenters. The number of benzene rings is 1. The molecule has 7 rings (SSSR count). The van der Waals surface area contributed by atoms with E-state index in [1.807, 2.05) is 0 Å². The van der Waals surface area contributed by atoms with Crippen molar-refractivity contribution in [1.29, 1.82) is 0 Å². The van der Waals surface area contributed by atoms with Crippen LogP contribution in [0.4, 0.5) is 11.9 Å². The zero-order valence-electron chi connectivity index (χ0n) is 49.6. The molecule has 0 spiro atoms. The maximum absolute atomic E-state index is 13.4. The average molecular weight is 1280 g/mol. The van der Waals surface area contributed by atoms with E-state index in [0.29, 0.717) is 46.9 Å². The number of aliphatic carboxylic acids is 5. The van der Waals surface area contributed by atoms with Gasteiger partial charge in [-0.3, -0.25) is 62.7 Å². The number of hydrogen-bond acceptors (Lipinski definition) is 24. The van der Waals surface area contributed by atoms with Gasteiger partial charge in [-0.15, -0.1) is 0 Å². The number of nitrogens with one attached hydrogen (secondary N) is 8. The summed E-state index contributed by atoms with van der Waals surface area (Å²) >= 11 is 0. The fourth-order valence-electron chi connectivity index (χ4n) is 9.05.